The van der Waals surface area contributed by atoms with Crippen LogP contribution in [0.25, 0.3) is 0 Å². The van der Waals surface area contributed by atoms with Crippen LogP contribution in [-0.2, 0) is 0 Å². The smallest absolute Gasteiger partial charge is 0.0885 e. The normalized spacial score (nSPS) is 11.6. The molecule has 1 unspecified atom stereocenters. The number of rotatable bonds is 4. The number of hydrogen-bond donors (Lipinski definition) is 1. The molecule has 0 saturated heterocycles. The van der Waals surface area contributed by atoms with Gasteiger partial charge in [-0.1, -0.05) is 59.6 Å². The van der Waals surface area contributed by atoms with Gasteiger partial charge < -0.3 is 5.32 Å². The van der Waals surface area contributed by atoms with Crippen LogP contribution in [0.2, 0.25) is 10.0 Å². The third-order valence-corrected chi connectivity index (χ3v) is 3.43. The predicted octanol–water partition coefficient (Wildman–Crippen LogP) is 4.71. The molecule has 96 valence electrons. The molecule has 2 aromatic rings. The number of anilines is 1. The zero-order valence-electron chi connectivity index (χ0n) is 10.1. The molecule has 0 aromatic heterocycles. The molecular weight excluding hydrogens is 279 g/mol. The average Bonchev–Trinajstić information content (AvgIpc) is 2.43. The summed E-state index contributed by atoms with van der Waals surface area (Å²) in [6, 6.07) is 17.2. The maximum Gasteiger partial charge on any atom is 0.0885 e. The largest absolute Gasteiger partial charge is 0.381 e. The van der Waals surface area contributed by atoms with Crippen LogP contribution in [-0.4, -0.2) is 6.54 Å². The summed E-state index contributed by atoms with van der Waals surface area (Å²) in [5, 5.41) is 13.5. The van der Waals surface area contributed by atoms with Crippen molar-refractivity contribution in [1.29, 1.82) is 5.26 Å². The third kappa shape index (κ3) is 3.41. The zero-order valence-corrected chi connectivity index (χ0v) is 11.6. The molecule has 0 aliphatic rings. The van der Waals surface area contributed by atoms with Crippen LogP contribution in [0.1, 0.15) is 11.5 Å². The molecule has 4 heteroatoms. The first-order valence-electron chi connectivity index (χ1n) is 5.85. The van der Waals surface area contributed by atoms with E-state index in [1.165, 1.54) is 0 Å². The van der Waals surface area contributed by atoms with E-state index in [1.807, 2.05) is 30.3 Å². The van der Waals surface area contributed by atoms with Crippen LogP contribution in [0.15, 0.2) is 48.5 Å². The predicted molar refractivity (Wildman–Crippen MR) is 79.7 cm³/mol. The maximum atomic E-state index is 9.24. The second-order valence-electron chi connectivity index (χ2n) is 4.07. The number of nitriles is 1. The van der Waals surface area contributed by atoms with Gasteiger partial charge in [0, 0.05) is 6.54 Å². The Morgan fingerprint density at radius 3 is 2.21 bits per heavy atom. The van der Waals surface area contributed by atoms with Gasteiger partial charge in [0.2, 0.25) is 0 Å². The number of hydrogen-bond acceptors (Lipinski definition) is 2. The van der Waals surface area contributed by atoms with Gasteiger partial charge in [-0.15, -0.1) is 0 Å². The van der Waals surface area contributed by atoms with Crippen LogP contribution >= 0.6 is 23.2 Å². The molecule has 2 nitrogen and oxygen atoms in total. The summed E-state index contributed by atoms with van der Waals surface area (Å²) >= 11 is 12.1. The lowest BCUT2D eigenvalue weighted by molar-refractivity contribution is 0.901. The molecule has 19 heavy (non-hydrogen) atoms. The lowest BCUT2D eigenvalue weighted by Crippen LogP contribution is -2.11. The Balaban J connectivity index is 2.12. The summed E-state index contributed by atoms with van der Waals surface area (Å²) in [6.45, 7) is 0.462. The maximum absolute atomic E-state index is 9.24. The number of nitrogens with one attached hydrogen (secondary N) is 1. The van der Waals surface area contributed by atoms with Crippen LogP contribution in [0.3, 0.4) is 0 Å². The van der Waals surface area contributed by atoms with Crippen molar-refractivity contribution in [3.63, 3.8) is 0 Å². The molecule has 0 heterocycles. The minimum absolute atomic E-state index is 0.242. The monoisotopic (exact) mass is 290 g/mol. The van der Waals surface area contributed by atoms with E-state index in [9.17, 15) is 5.26 Å². The van der Waals surface area contributed by atoms with Crippen LogP contribution in [0.4, 0.5) is 5.69 Å². The number of halogens is 2. The summed E-state index contributed by atoms with van der Waals surface area (Å²) < 4.78 is 0. The molecule has 0 spiro atoms. The van der Waals surface area contributed by atoms with E-state index in [4.69, 9.17) is 23.2 Å². The molecule has 0 amide bonds. The van der Waals surface area contributed by atoms with Gasteiger partial charge in [0.1, 0.15) is 0 Å². The summed E-state index contributed by atoms with van der Waals surface area (Å²) in [5.41, 5.74) is 1.64. The molecule has 2 aromatic carbocycles. The Kier molecular flexibility index (Phi) is 4.68. The van der Waals surface area contributed by atoms with E-state index in [0.717, 1.165) is 5.56 Å². The van der Waals surface area contributed by atoms with Crippen molar-refractivity contribution in [2.24, 2.45) is 0 Å². The fourth-order valence-corrected chi connectivity index (χ4v) is 2.33. The highest BCUT2D eigenvalue weighted by Gasteiger charge is 2.12. The molecule has 1 N–H and O–H groups in total. The average molecular weight is 291 g/mol. The van der Waals surface area contributed by atoms with Gasteiger partial charge in [-0.2, -0.15) is 5.26 Å². The van der Waals surface area contributed by atoms with Crippen molar-refractivity contribution in [3.8, 4) is 6.07 Å². The number of para-hydroxylation sites is 1. The summed E-state index contributed by atoms with van der Waals surface area (Å²) in [5.74, 6) is -0.242. The highest BCUT2D eigenvalue weighted by Crippen LogP contribution is 2.30. The lowest BCUT2D eigenvalue weighted by atomic mass is 10.0. The molecule has 0 radical (unpaired) electrons. The van der Waals surface area contributed by atoms with E-state index in [0.29, 0.717) is 22.3 Å². The highest BCUT2D eigenvalue weighted by atomic mass is 35.5. The molecule has 0 fully saturated rings. The van der Waals surface area contributed by atoms with Crippen molar-refractivity contribution < 1.29 is 0 Å². The van der Waals surface area contributed by atoms with Crippen molar-refractivity contribution in [3.05, 3.63) is 64.1 Å². The van der Waals surface area contributed by atoms with E-state index < -0.39 is 0 Å². The van der Waals surface area contributed by atoms with Gasteiger partial charge in [-0.05, 0) is 17.7 Å². The Hall–Kier alpha value is -1.69. The van der Waals surface area contributed by atoms with Gasteiger partial charge in [0.25, 0.3) is 0 Å². The molecule has 0 aliphatic carbocycles. The first-order chi connectivity index (χ1) is 9.22. The van der Waals surface area contributed by atoms with E-state index >= 15 is 0 Å². The first kappa shape index (κ1) is 13.7. The van der Waals surface area contributed by atoms with E-state index in [-0.39, 0.29) is 5.92 Å². The highest BCUT2D eigenvalue weighted by molar-refractivity contribution is 6.39. The fourth-order valence-electron chi connectivity index (χ4n) is 1.79. The Morgan fingerprint density at radius 2 is 1.63 bits per heavy atom. The second kappa shape index (κ2) is 6.47. The molecule has 0 saturated carbocycles. The zero-order chi connectivity index (χ0) is 13.7. The second-order valence-corrected chi connectivity index (χ2v) is 4.88. The molecule has 0 bridgehead atoms. The topological polar surface area (TPSA) is 35.8 Å². The summed E-state index contributed by atoms with van der Waals surface area (Å²) in [6.07, 6.45) is 0. The standard InChI is InChI=1S/C15H12Cl2N2/c16-13-7-4-8-14(17)15(13)19-10-12(9-18)11-5-2-1-3-6-11/h1-8,12,19H,10H2. The van der Waals surface area contributed by atoms with Gasteiger partial charge in [0.15, 0.2) is 0 Å². The lowest BCUT2D eigenvalue weighted by Gasteiger charge is -2.14. The molecule has 1 atom stereocenters. The molecular formula is C15H12Cl2N2. The SMILES string of the molecule is N#CC(CNc1c(Cl)cccc1Cl)c1ccccc1. The number of nitrogens with zero attached hydrogens (tertiary/aromatic N) is 1. The quantitative estimate of drug-likeness (QED) is 0.885. The summed E-state index contributed by atoms with van der Waals surface area (Å²) in [4.78, 5) is 0. The van der Waals surface area contributed by atoms with Gasteiger partial charge in [0.05, 0.1) is 27.7 Å². The Morgan fingerprint density at radius 1 is 1.00 bits per heavy atom. The van der Waals surface area contributed by atoms with Gasteiger partial charge in [-0.3, -0.25) is 0 Å². The van der Waals surface area contributed by atoms with E-state index in [1.54, 1.807) is 18.2 Å². The first-order valence-corrected chi connectivity index (χ1v) is 6.60. The van der Waals surface area contributed by atoms with E-state index in [2.05, 4.69) is 11.4 Å². The van der Waals surface area contributed by atoms with Crippen molar-refractivity contribution in [2.75, 3.05) is 11.9 Å². The van der Waals surface area contributed by atoms with Crippen molar-refractivity contribution >= 4 is 28.9 Å². The Labute approximate surface area is 122 Å². The van der Waals surface area contributed by atoms with Crippen molar-refractivity contribution in [1.82, 2.24) is 0 Å². The minimum Gasteiger partial charge on any atom is -0.381 e. The molecule has 0 aliphatic heterocycles. The van der Waals surface area contributed by atoms with Crippen molar-refractivity contribution in [2.45, 2.75) is 5.92 Å². The van der Waals surface area contributed by atoms with Crippen LogP contribution in [0.5, 0.6) is 0 Å². The Bertz CT molecular complexity index is 571. The van der Waals surface area contributed by atoms with Gasteiger partial charge in [-0.25, -0.2) is 0 Å². The third-order valence-electron chi connectivity index (χ3n) is 2.80. The summed E-state index contributed by atoms with van der Waals surface area (Å²) in [7, 11) is 0. The van der Waals surface area contributed by atoms with Crippen LogP contribution < -0.4 is 5.32 Å². The fraction of sp³-hybridized carbons (Fsp3) is 0.133. The van der Waals surface area contributed by atoms with Crippen LogP contribution in [0, 0.1) is 11.3 Å². The number of benzene rings is 2. The van der Waals surface area contributed by atoms with Gasteiger partial charge >= 0.3 is 0 Å². The molecule has 2 rings (SSSR count). The minimum atomic E-state index is -0.242.